The molecule has 1 saturated heterocycles. The van der Waals surface area contributed by atoms with Crippen molar-refractivity contribution in [3.63, 3.8) is 0 Å². The number of carbonyl (C=O) groups excluding carboxylic acids is 1. The lowest BCUT2D eigenvalue weighted by Gasteiger charge is -2.32. The molecule has 2 aliphatic rings. The molecule has 1 aliphatic heterocycles. The lowest BCUT2D eigenvalue weighted by Crippen LogP contribution is -2.48. The highest BCUT2D eigenvalue weighted by Crippen LogP contribution is 2.30. The predicted octanol–water partition coefficient (Wildman–Crippen LogP) is 1.38. The van der Waals surface area contributed by atoms with Crippen LogP contribution >= 0.6 is 0 Å². The summed E-state index contributed by atoms with van der Waals surface area (Å²) in [5.41, 5.74) is 0. The monoisotopic (exact) mass is 294 g/mol. The van der Waals surface area contributed by atoms with Crippen LogP contribution in [0.15, 0.2) is 0 Å². The molecule has 4 nitrogen and oxygen atoms in total. The van der Waals surface area contributed by atoms with Gasteiger partial charge in [-0.2, -0.15) is 13.2 Å². The molecule has 0 aromatic heterocycles. The molecule has 7 heteroatoms. The third-order valence-electron chi connectivity index (χ3n) is 4.08. The minimum absolute atomic E-state index is 0.0179. The van der Waals surface area contributed by atoms with Gasteiger partial charge >= 0.3 is 6.18 Å². The molecule has 2 atom stereocenters. The Balaban J connectivity index is 1.91. The Bertz CT molecular complexity index is 358. The van der Waals surface area contributed by atoms with Crippen molar-refractivity contribution in [1.29, 1.82) is 0 Å². The molecule has 1 heterocycles. The largest absolute Gasteiger partial charge is 0.415 e. The first-order valence-corrected chi connectivity index (χ1v) is 7.05. The molecule has 2 fully saturated rings. The van der Waals surface area contributed by atoms with E-state index in [1.807, 2.05) is 0 Å². The maximum atomic E-state index is 12.4. The first-order chi connectivity index (χ1) is 9.29. The SMILES string of the molecule is CC(=O)N(C[C@H]1CCCN1C[C@H](O)C(F)(F)F)C1CC1. The van der Waals surface area contributed by atoms with Gasteiger partial charge in [-0.25, -0.2) is 0 Å². The molecule has 0 unspecified atom stereocenters. The number of likely N-dealkylation sites (tertiary alicyclic amines) is 1. The van der Waals surface area contributed by atoms with Crippen LogP contribution in [0.3, 0.4) is 0 Å². The molecule has 0 radical (unpaired) electrons. The summed E-state index contributed by atoms with van der Waals surface area (Å²) in [6.07, 6.45) is -3.33. The lowest BCUT2D eigenvalue weighted by atomic mass is 10.2. The van der Waals surface area contributed by atoms with E-state index >= 15 is 0 Å². The highest BCUT2D eigenvalue weighted by Gasteiger charge is 2.42. The van der Waals surface area contributed by atoms with Crippen molar-refractivity contribution in [2.45, 2.75) is 57.0 Å². The zero-order valence-electron chi connectivity index (χ0n) is 11.6. The van der Waals surface area contributed by atoms with Crippen molar-refractivity contribution in [2.75, 3.05) is 19.6 Å². The van der Waals surface area contributed by atoms with Crippen molar-refractivity contribution >= 4 is 5.91 Å². The van der Waals surface area contributed by atoms with E-state index in [4.69, 9.17) is 0 Å². The Hall–Kier alpha value is -0.820. The van der Waals surface area contributed by atoms with E-state index in [0.29, 0.717) is 13.1 Å². The quantitative estimate of drug-likeness (QED) is 0.833. The number of aliphatic hydroxyl groups excluding tert-OH is 1. The molecule has 0 aromatic carbocycles. The molecule has 1 saturated carbocycles. The fourth-order valence-electron chi connectivity index (χ4n) is 2.82. The first kappa shape index (κ1) is 15.6. The molecule has 1 N–H and O–H groups in total. The lowest BCUT2D eigenvalue weighted by molar-refractivity contribution is -0.208. The van der Waals surface area contributed by atoms with E-state index in [-0.39, 0.29) is 18.0 Å². The fraction of sp³-hybridized carbons (Fsp3) is 0.923. The van der Waals surface area contributed by atoms with Crippen LogP contribution in [0.2, 0.25) is 0 Å². The number of hydrogen-bond acceptors (Lipinski definition) is 3. The highest BCUT2D eigenvalue weighted by atomic mass is 19.4. The number of nitrogens with zero attached hydrogens (tertiary/aromatic N) is 2. The van der Waals surface area contributed by atoms with Gasteiger partial charge in [0.15, 0.2) is 6.10 Å². The molecule has 0 bridgehead atoms. The average molecular weight is 294 g/mol. The molecular weight excluding hydrogens is 273 g/mol. The van der Waals surface area contributed by atoms with Crippen LogP contribution in [0.25, 0.3) is 0 Å². The topological polar surface area (TPSA) is 43.8 Å². The number of aliphatic hydroxyl groups is 1. The fourth-order valence-corrected chi connectivity index (χ4v) is 2.82. The summed E-state index contributed by atoms with van der Waals surface area (Å²) >= 11 is 0. The maximum Gasteiger partial charge on any atom is 0.415 e. The summed E-state index contributed by atoms with van der Waals surface area (Å²) in [7, 11) is 0. The third-order valence-corrected chi connectivity index (χ3v) is 4.08. The number of carbonyl (C=O) groups is 1. The van der Waals surface area contributed by atoms with E-state index in [1.54, 1.807) is 9.80 Å². The van der Waals surface area contributed by atoms with Gasteiger partial charge in [-0.15, -0.1) is 0 Å². The zero-order valence-corrected chi connectivity index (χ0v) is 11.6. The Morgan fingerprint density at radius 3 is 2.55 bits per heavy atom. The second-order valence-corrected chi connectivity index (χ2v) is 5.75. The molecular formula is C13H21F3N2O2. The van der Waals surface area contributed by atoms with Crippen molar-refractivity contribution < 1.29 is 23.1 Å². The van der Waals surface area contributed by atoms with E-state index in [9.17, 15) is 23.1 Å². The second-order valence-electron chi connectivity index (χ2n) is 5.75. The summed E-state index contributed by atoms with van der Waals surface area (Å²) in [6.45, 7) is 2.13. The minimum atomic E-state index is -4.58. The van der Waals surface area contributed by atoms with Gasteiger partial charge in [0.25, 0.3) is 0 Å². The van der Waals surface area contributed by atoms with Crippen LogP contribution in [-0.4, -0.2) is 64.8 Å². The number of β-amino-alcohol motifs (C(OH)–C–C–N with tert-alkyl or cyclic N) is 1. The first-order valence-electron chi connectivity index (χ1n) is 7.05. The molecule has 0 aromatic rings. The molecule has 20 heavy (non-hydrogen) atoms. The van der Waals surface area contributed by atoms with Gasteiger partial charge in [0.1, 0.15) is 0 Å². The minimum Gasteiger partial charge on any atom is -0.382 e. The van der Waals surface area contributed by atoms with Crippen LogP contribution in [0, 0.1) is 0 Å². The van der Waals surface area contributed by atoms with Gasteiger partial charge < -0.3 is 10.0 Å². The van der Waals surface area contributed by atoms with Crippen LogP contribution in [0.1, 0.15) is 32.6 Å². The molecule has 1 amide bonds. The van der Waals surface area contributed by atoms with E-state index in [1.165, 1.54) is 6.92 Å². The summed E-state index contributed by atoms with van der Waals surface area (Å²) in [5, 5.41) is 9.18. The molecule has 1 aliphatic carbocycles. The Labute approximate surface area is 116 Å². The second kappa shape index (κ2) is 5.89. The maximum absolute atomic E-state index is 12.4. The molecule has 2 rings (SSSR count). The Morgan fingerprint density at radius 1 is 1.40 bits per heavy atom. The van der Waals surface area contributed by atoms with Gasteiger partial charge in [0.05, 0.1) is 0 Å². The molecule has 0 spiro atoms. The van der Waals surface area contributed by atoms with Crippen molar-refractivity contribution in [1.82, 2.24) is 9.80 Å². The predicted molar refractivity (Wildman–Crippen MR) is 67.1 cm³/mol. The summed E-state index contributed by atoms with van der Waals surface area (Å²) in [4.78, 5) is 15.0. The van der Waals surface area contributed by atoms with Gasteiger partial charge in [0, 0.05) is 32.1 Å². The van der Waals surface area contributed by atoms with Gasteiger partial charge in [-0.05, 0) is 32.2 Å². The van der Waals surface area contributed by atoms with Crippen molar-refractivity contribution in [2.24, 2.45) is 0 Å². The van der Waals surface area contributed by atoms with Crippen molar-refractivity contribution in [3.8, 4) is 0 Å². The highest BCUT2D eigenvalue weighted by molar-refractivity contribution is 5.74. The summed E-state index contributed by atoms with van der Waals surface area (Å²) in [6, 6.07) is 0.194. The average Bonchev–Trinajstić information content (AvgIpc) is 3.07. The third kappa shape index (κ3) is 3.85. The zero-order chi connectivity index (χ0) is 14.9. The van der Waals surface area contributed by atoms with Gasteiger partial charge in [-0.1, -0.05) is 0 Å². The standard InChI is InChI=1S/C13H21F3N2O2/c1-9(19)18(10-4-5-10)7-11-3-2-6-17(11)8-12(20)13(14,15)16/h10-12,20H,2-8H2,1H3/t11-,12+/m1/s1. The Kier molecular flexibility index (Phi) is 4.59. The van der Waals surface area contributed by atoms with Crippen LogP contribution < -0.4 is 0 Å². The van der Waals surface area contributed by atoms with E-state index < -0.39 is 18.8 Å². The smallest absolute Gasteiger partial charge is 0.382 e. The Morgan fingerprint density at radius 2 is 2.05 bits per heavy atom. The van der Waals surface area contributed by atoms with Crippen LogP contribution in [-0.2, 0) is 4.79 Å². The van der Waals surface area contributed by atoms with Crippen LogP contribution in [0.4, 0.5) is 13.2 Å². The van der Waals surface area contributed by atoms with E-state index in [2.05, 4.69) is 0 Å². The number of hydrogen-bond donors (Lipinski definition) is 1. The summed E-state index contributed by atoms with van der Waals surface area (Å²) in [5.74, 6) is -0.0179. The number of amides is 1. The van der Waals surface area contributed by atoms with Crippen LogP contribution in [0.5, 0.6) is 0 Å². The van der Waals surface area contributed by atoms with Crippen molar-refractivity contribution in [3.05, 3.63) is 0 Å². The number of rotatable bonds is 5. The normalized spacial score (nSPS) is 25.8. The van der Waals surface area contributed by atoms with E-state index in [0.717, 1.165) is 25.7 Å². The summed E-state index contributed by atoms with van der Waals surface area (Å²) < 4.78 is 37.3. The number of halogens is 3. The molecule has 116 valence electrons. The van der Waals surface area contributed by atoms with Gasteiger partial charge in [0.2, 0.25) is 5.91 Å². The number of alkyl halides is 3. The van der Waals surface area contributed by atoms with Gasteiger partial charge in [-0.3, -0.25) is 9.69 Å².